The molecular weight excluding hydrogens is 470 g/mol. The van der Waals surface area contributed by atoms with E-state index in [4.69, 9.17) is 11.6 Å². The molecule has 2 bridgehead atoms. The molecule has 0 spiro atoms. The maximum absolute atomic E-state index is 14.4. The molecule has 4 atom stereocenters. The molecule has 0 amide bonds. The topological polar surface area (TPSA) is 78.4 Å². The fourth-order valence-electron chi connectivity index (χ4n) is 5.92. The second-order valence-electron chi connectivity index (χ2n) is 9.84. The molecule has 2 N–H and O–H groups in total. The van der Waals surface area contributed by atoms with Crippen molar-refractivity contribution in [2.75, 3.05) is 23.4 Å². The molecule has 6 nitrogen and oxygen atoms in total. The van der Waals surface area contributed by atoms with Gasteiger partial charge < -0.3 is 15.3 Å². The number of nitrogens with zero attached hydrogens (tertiary/aromatic N) is 3. The van der Waals surface area contributed by atoms with Crippen LogP contribution in [-0.2, 0) is 17.2 Å². The normalized spacial score (nSPS) is 30.8. The number of nitrogens with one attached hydrogen (secondary N) is 1. The molecule has 2 aliphatic carbocycles. The van der Waals surface area contributed by atoms with Crippen LogP contribution in [0.4, 0.5) is 20.5 Å². The fraction of sp³-hybridized carbons (Fsp3) is 0.565. The molecule has 33 heavy (non-hydrogen) atoms. The Labute approximate surface area is 198 Å². The van der Waals surface area contributed by atoms with Gasteiger partial charge in [-0.05, 0) is 61.6 Å². The molecule has 3 unspecified atom stereocenters. The van der Waals surface area contributed by atoms with Crippen LogP contribution in [0.2, 0.25) is 5.02 Å². The van der Waals surface area contributed by atoms with E-state index in [1.54, 1.807) is 0 Å². The van der Waals surface area contributed by atoms with Gasteiger partial charge in [0.15, 0.2) is 0 Å². The first-order chi connectivity index (χ1) is 15.8. The summed E-state index contributed by atoms with van der Waals surface area (Å²) in [6.45, 7) is 0.627. The first-order valence-corrected chi connectivity index (χ1v) is 12.9. The lowest BCUT2D eigenvalue weighted by Gasteiger charge is -2.42. The van der Waals surface area contributed by atoms with Crippen LogP contribution in [0.5, 0.6) is 0 Å². The highest BCUT2D eigenvalue weighted by molar-refractivity contribution is 7.86. The Morgan fingerprint density at radius 2 is 1.97 bits per heavy atom. The van der Waals surface area contributed by atoms with Gasteiger partial charge in [-0.15, -0.1) is 0 Å². The van der Waals surface area contributed by atoms with E-state index in [-0.39, 0.29) is 29.1 Å². The molecule has 2 aliphatic heterocycles. The molecule has 10 heteroatoms. The van der Waals surface area contributed by atoms with Crippen LogP contribution in [0.15, 0.2) is 29.2 Å². The summed E-state index contributed by atoms with van der Waals surface area (Å²) in [5, 5.41) is 10.4. The molecule has 176 valence electrons. The van der Waals surface area contributed by atoms with Gasteiger partial charge in [-0.25, -0.2) is 9.19 Å². The number of aromatic nitrogens is 2. The monoisotopic (exact) mass is 494 g/mol. The largest absolute Gasteiger partial charge is 0.394 e. The highest BCUT2D eigenvalue weighted by Crippen LogP contribution is 2.50. The Kier molecular flexibility index (Phi) is 4.98. The first-order valence-electron chi connectivity index (χ1n) is 11.4. The number of aliphatic hydroxyl groups is 1. The predicted molar refractivity (Wildman–Crippen MR) is 122 cm³/mol. The second-order valence-corrected chi connectivity index (χ2v) is 11.8. The highest BCUT2D eigenvalue weighted by atomic mass is 35.5. The highest BCUT2D eigenvalue weighted by Gasteiger charge is 2.51. The number of rotatable bonds is 5. The van der Waals surface area contributed by atoms with Gasteiger partial charge >= 0.3 is 5.25 Å². The van der Waals surface area contributed by atoms with Gasteiger partial charge in [-0.1, -0.05) is 23.7 Å². The first kappa shape index (κ1) is 21.7. The SMILES string of the molecule is O=[S@@]1c2c(nc(N3CC4CC3CC4c3ccc(Cl)cc3)nc2NC2(CO)CCC2)CC1(F)F. The number of aliphatic hydroxyl groups excluding tert-OH is 1. The molecule has 2 aromatic rings. The molecule has 3 heterocycles. The van der Waals surface area contributed by atoms with Crippen LogP contribution < -0.4 is 10.2 Å². The van der Waals surface area contributed by atoms with Crippen LogP contribution in [0.25, 0.3) is 0 Å². The standard InChI is InChI=1S/C23H25ClF2N4O2S/c24-15-4-2-13(3-5-15)17-9-16-8-14(17)11-30(16)21-27-18-10-23(25,26)33(32)19(18)20(28-21)29-22(12-31)6-1-7-22/h2-5,14,16-17,31H,1,6-12H2,(H,27,28,29)/t14?,16?,17?,33-/m1/s1. The van der Waals surface area contributed by atoms with Crippen LogP contribution in [0.3, 0.4) is 0 Å². The lowest BCUT2D eigenvalue weighted by atomic mass is 9.77. The van der Waals surface area contributed by atoms with Gasteiger partial charge in [-0.3, -0.25) is 0 Å². The van der Waals surface area contributed by atoms with E-state index in [1.807, 2.05) is 12.1 Å². The maximum atomic E-state index is 14.4. The van der Waals surface area contributed by atoms with E-state index in [0.717, 1.165) is 43.7 Å². The number of anilines is 2. The van der Waals surface area contributed by atoms with E-state index < -0.39 is 28.0 Å². The van der Waals surface area contributed by atoms with Crippen molar-refractivity contribution >= 4 is 34.2 Å². The quantitative estimate of drug-likeness (QED) is 0.651. The summed E-state index contributed by atoms with van der Waals surface area (Å²) in [5.74, 6) is 1.46. The van der Waals surface area contributed by atoms with E-state index in [1.165, 1.54) is 5.56 Å². The third-order valence-corrected chi connectivity index (χ3v) is 9.59. The summed E-state index contributed by atoms with van der Waals surface area (Å²) >= 11 is 6.04. The van der Waals surface area contributed by atoms with Crippen molar-refractivity contribution in [3.8, 4) is 0 Å². The minimum Gasteiger partial charge on any atom is -0.394 e. The third kappa shape index (κ3) is 3.46. The molecular formula is C23H25ClF2N4O2S. The van der Waals surface area contributed by atoms with E-state index in [9.17, 15) is 18.1 Å². The number of fused-ring (bicyclic) bond motifs is 3. The molecule has 6 rings (SSSR count). The average Bonchev–Trinajstić information content (AvgIpc) is 3.43. The Morgan fingerprint density at radius 3 is 2.58 bits per heavy atom. The van der Waals surface area contributed by atoms with Crippen molar-refractivity contribution in [3.63, 3.8) is 0 Å². The molecule has 3 fully saturated rings. The number of alkyl halides is 2. The molecule has 1 saturated heterocycles. The summed E-state index contributed by atoms with van der Waals surface area (Å²) in [6, 6.07) is 8.22. The zero-order chi connectivity index (χ0) is 23.0. The van der Waals surface area contributed by atoms with Gasteiger partial charge in [0.1, 0.15) is 21.5 Å². The van der Waals surface area contributed by atoms with Gasteiger partial charge in [0.25, 0.3) is 0 Å². The molecule has 0 radical (unpaired) electrons. The van der Waals surface area contributed by atoms with Crippen molar-refractivity contribution in [2.45, 2.75) is 66.2 Å². The van der Waals surface area contributed by atoms with E-state index in [0.29, 0.717) is 17.8 Å². The van der Waals surface area contributed by atoms with Gasteiger partial charge in [0.2, 0.25) is 5.95 Å². The predicted octanol–water partition coefficient (Wildman–Crippen LogP) is 4.10. The van der Waals surface area contributed by atoms with Crippen LogP contribution >= 0.6 is 11.6 Å². The minimum atomic E-state index is -3.36. The summed E-state index contributed by atoms with van der Waals surface area (Å²) in [6.07, 6.45) is 3.67. The van der Waals surface area contributed by atoms with Gasteiger partial charge in [0.05, 0.1) is 24.3 Å². The lowest BCUT2D eigenvalue weighted by molar-refractivity contribution is 0.104. The summed E-state index contributed by atoms with van der Waals surface area (Å²) in [7, 11) is -2.51. The van der Waals surface area contributed by atoms with E-state index in [2.05, 4.69) is 32.3 Å². The number of halogens is 3. The molecule has 1 aromatic carbocycles. The molecule has 1 aromatic heterocycles. The van der Waals surface area contributed by atoms with Crippen molar-refractivity contribution in [3.05, 3.63) is 40.5 Å². The Morgan fingerprint density at radius 1 is 1.21 bits per heavy atom. The summed E-state index contributed by atoms with van der Waals surface area (Å²) in [4.78, 5) is 11.2. The summed E-state index contributed by atoms with van der Waals surface area (Å²) in [5.41, 5.74) is 0.828. The fourth-order valence-corrected chi connectivity index (χ4v) is 7.21. The Hall–Kier alpha value is -1.84. The third-order valence-electron chi connectivity index (χ3n) is 7.85. The molecule has 4 aliphatic rings. The maximum Gasteiger partial charge on any atom is 0.331 e. The average molecular weight is 495 g/mol. The van der Waals surface area contributed by atoms with Gasteiger partial charge in [-0.2, -0.15) is 13.8 Å². The summed E-state index contributed by atoms with van der Waals surface area (Å²) < 4.78 is 41.3. The number of hydrogen-bond acceptors (Lipinski definition) is 6. The van der Waals surface area contributed by atoms with Crippen molar-refractivity contribution in [2.24, 2.45) is 5.92 Å². The molecule has 2 saturated carbocycles. The number of hydrogen-bond donors (Lipinski definition) is 2. The Bertz CT molecular complexity index is 1120. The number of piperidine rings is 1. The van der Waals surface area contributed by atoms with Crippen molar-refractivity contribution < 1.29 is 18.1 Å². The minimum absolute atomic E-state index is 0.00753. The Balaban J connectivity index is 1.31. The van der Waals surface area contributed by atoms with E-state index >= 15 is 0 Å². The lowest BCUT2D eigenvalue weighted by Crippen LogP contribution is -2.49. The zero-order valence-corrected chi connectivity index (χ0v) is 19.5. The number of benzene rings is 1. The smallest absolute Gasteiger partial charge is 0.331 e. The van der Waals surface area contributed by atoms with Crippen molar-refractivity contribution in [1.82, 2.24) is 9.97 Å². The van der Waals surface area contributed by atoms with Crippen LogP contribution in [-0.4, -0.2) is 49.3 Å². The van der Waals surface area contributed by atoms with Crippen LogP contribution in [0, 0.1) is 5.92 Å². The van der Waals surface area contributed by atoms with Crippen molar-refractivity contribution in [1.29, 1.82) is 0 Å². The zero-order valence-electron chi connectivity index (χ0n) is 17.9. The van der Waals surface area contributed by atoms with Crippen LogP contribution in [0.1, 0.15) is 49.3 Å². The second kappa shape index (κ2) is 7.58. The van der Waals surface area contributed by atoms with Gasteiger partial charge in [0, 0.05) is 17.6 Å².